The molecule has 1 heterocycles. The summed E-state index contributed by atoms with van der Waals surface area (Å²) in [6.07, 6.45) is 2.72. The van der Waals surface area contributed by atoms with Gasteiger partial charge in [-0.15, -0.1) is 0 Å². The summed E-state index contributed by atoms with van der Waals surface area (Å²) in [7, 11) is 0. The molecule has 1 amide bonds. The van der Waals surface area contributed by atoms with E-state index in [4.69, 9.17) is 11.8 Å². The summed E-state index contributed by atoms with van der Waals surface area (Å²) in [5.74, 6) is -0.124. The minimum absolute atomic E-state index is 0.124. The lowest BCUT2D eigenvalue weighted by atomic mass is 10.1. The summed E-state index contributed by atoms with van der Waals surface area (Å²) in [5, 5.41) is 1.19. The van der Waals surface area contributed by atoms with Crippen LogP contribution in [-0.4, -0.2) is 21.9 Å². The Balaban J connectivity index is 2.13. The number of rotatable bonds is 3. The molecule has 0 aliphatic rings. The standard InChI is InChI=1S/C12H13ClN2O/c1-9(16)15(13)7-6-10-8-14-12-5-3-2-4-11(10)12/h2-5,8,14H,6-7H2,1H3. The highest BCUT2D eigenvalue weighted by Crippen LogP contribution is 2.18. The Bertz CT molecular complexity index is 506. The molecule has 4 heteroatoms. The predicted octanol–water partition coefficient (Wildman–Crippen LogP) is 2.71. The molecule has 84 valence electrons. The fourth-order valence-electron chi connectivity index (χ4n) is 1.71. The molecule has 1 aromatic heterocycles. The molecular formula is C12H13ClN2O. The second kappa shape index (κ2) is 4.58. The van der Waals surface area contributed by atoms with Crippen LogP contribution in [0.4, 0.5) is 0 Å². The van der Waals surface area contributed by atoms with E-state index in [1.807, 2.05) is 24.4 Å². The average Bonchev–Trinajstić information content (AvgIpc) is 2.69. The SMILES string of the molecule is CC(=O)N(Cl)CCc1c[nH]c2ccccc12. The van der Waals surface area contributed by atoms with E-state index < -0.39 is 0 Å². The zero-order chi connectivity index (χ0) is 11.5. The van der Waals surface area contributed by atoms with Gasteiger partial charge in [0, 0.05) is 42.3 Å². The van der Waals surface area contributed by atoms with E-state index >= 15 is 0 Å². The topological polar surface area (TPSA) is 36.1 Å². The minimum atomic E-state index is -0.124. The van der Waals surface area contributed by atoms with E-state index in [1.54, 1.807) is 0 Å². The van der Waals surface area contributed by atoms with Crippen LogP contribution in [0.2, 0.25) is 0 Å². The van der Waals surface area contributed by atoms with E-state index in [9.17, 15) is 4.79 Å². The van der Waals surface area contributed by atoms with Gasteiger partial charge in [0.2, 0.25) is 5.91 Å². The number of carbonyl (C=O) groups excluding carboxylic acids is 1. The molecule has 0 aliphatic heterocycles. The van der Waals surface area contributed by atoms with Gasteiger partial charge in [-0.25, -0.2) is 0 Å². The van der Waals surface area contributed by atoms with Crippen molar-refractivity contribution in [2.24, 2.45) is 0 Å². The fraction of sp³-hybridized carbons (Fsp3) is 0.250. The smallest absolute Gasteiger partial charge is 0.233 e. The third-order valence-electron chi connectivity index (χ3n) is 2.59. The van der Waals surface area contributed by atoms with Crippen molar-refractivity contribution in [2.45, 2.75) is 13.3 Å². The predicted molar refractivity (Wildman–Crippen MR) is 65.2 cm³/mol. The van der Waals surface area contributed by atoms with Crippen molar-refractivity contribution in [1.82, 2.24) is 9.40 Å². The van der Waals surface area contributed by atoms with E-state index in [1.165, 1.54) is 22.3 Å². The number of amides is 1. The van der Waals surface area contributed by atoms with Gasteiger partial charge >= 0.3 is 0 Å². The van der Waals surface area contributed by atoms with Crippen LogP contribution in [0.5, 0.6) is 0 Å². The molecule has 3 nitrogen and oxygen atoms in total. The van der Waals surface area contributed by atoms with Crippen molar-refractivity contribution in [2.75, 3.05) is 6.54 Å². The molecule has 0 fully saturated rings. The number of nitrogens with zero attached hydrogens (tertiary/aromatic N) is 1. The van der Waals surface area contributed by atoms with E-state index in [0.717, 1.165) is 11.9 Å². The van der Waals surface area contributed by atoms with Crippen LogP contribution in [0, 0.1) is 0 Å². The zero-order valence-corrected chi connectivity index (χ0v) is 9.79. The molecule has 0 aliphatic carbocycles. The number of hydrogen-bond acceptors (Lipinski definition) is 1. The van der Waals surface area contributed by atoms with Crippen molar-refractivity contribution in [3.8, 4) is 0 Å². The summed E-state index contributed by atoms with van der Waals surface area (Å²) in [6, 6.07) is 8.09. The number of H-pyrrole nitrogens is 1. The molecule has 0 unspecified atom stereocenters. The van der Waals surface area contributed by atoms with E-state index in [0.29, 0.717) is 6.54 Å². The van der Waals surface area contributed by atoms with Crippen molar-refractivity contribution >= 4 is 28.6 Å². The Labute approximate surface area is 99.1 Å². The van der Waals surface area contributed by atoms with Crippen LogP contribution in [-0.2, 0) is 11.2 Å². The van der Waals surface area contributed by atoms with Crippen LogP contribution in [0.15, 0.2) is 30.5 Å². The normalized spacial score (nSPS) is 10.6. The number of fused-ring (bicyclic) bond motifs is 1. The van der Waals surface area contributed by atoms with Gasteiger partial charge in [0.15, 0.2) is 0 Å². The molecule has 16 heavy (non-hydrogen) atoms. The second-order valence-corrected chi connectivity index (χ2v) is 4.12. The van der Waals surface area contributed by atoms with Crippen molar-refractivity contribution < 1.29 is 4.79 Å². The summed E-state index contributed by atoms with van der Waals surface area (Å²) < 4.78 is 1.21. The maximum Gasteiger partial charge on any atom is 0.233 e. The largest absolute Gasteiger partial charge is 0.361 e. The first-order valence-corrected chi connectivity index (χ1v) is 5.51. The summed E-state index contributed by atoms with van der Waals surface area (Å²) in [6.45, 7) is 1.99. The first-order valence-electron chi connectivity index (χ1n) is 5.17. The van der Waals surface area contributed by atoms with Gasteiger partial charge in [0.05, 0.1) is 0 Å². The monoisotopic (exact) mass is 236 g/mol. The number of aromatic amines is 1. The average molecular weight is 237 g/mol. The number of para-hydroxylation sites is 1. The van der Waals surface area contributed by atoms with Crippen LogP contribution in [0.1, 0.15) is 12.5 Å². The third-order valence-corrected chi connectivity index (χ3v) is 3.00. The summed E-state index contributed by atoms with van der Waals surface area (Å²) >= 11 is 5.76. The first kappa shape index (κ1) is 11.0. The minimum Gasteiger partial charge on any atom is -0.361 e. The third kappa shape index (κ3) is 2.19. The number of carbonyl (C=O) groups is 1. The Morgan fingerprint density at radius 1 is 1.44 bits per heavy atom. The van der Waals surface area contributed by atoms with Crippen molar-refractivity contribution in [1.29, 1.82) is 0 Å². The number of halogens is 1. The van der Waals surface area contributed by atoms with Gasteiger partial charge < -0.3 is 4.98 Å². The molecule has 0 saturated carbocycles. The Kier molecular flexibility index (Phi) is 3.15. The van der Waals surface area contributed by atoms with Gasteiger partial charge in [-0.2, -0.15) is 0 Å². The summed E-state index contributed by atoms with van der Waals surface area (Å²) in [4.78, 5) is 14.1. The van der Waals surface area contributed by atoms with E-state index in [2.05, 4.69) is 11.1 Å². The van der Waals surface area contributed by atoms with Crippen molar-refractivity contribution in [3.05, 3.63) is 36.0 Å². The number of aromatic nitrogens is 1. The zero-order valence-electron chi connectivity index (χ0n) is 9.03. The Morgan fingerprint density at radius 3 is 2.94 bits per heavy atom. The van der Waals surface area contributed by atoms with Crippen LogP contribution < -0.4 is 0 Å². The number of hydrogen-bond donors (Lipinski definition) is 1. The molecule has 0 atom stereocenters. The molecule has 0 radical (unpaired) electrons. The first-order chi connectivity index (χ1) is 7.68. The van der Waals surface area contributed by atoms with Crippen LogP contribution >= 0.6 is 11.8 Å². The van der Waals surface area contributed by atoms with Gasteiger partial charge in [-0.3, -0.25) is 9.21 Å². The molecule has 1 aromatic carbocycles. The lowest BCUT2D eigenvalue weighted by Gasteiger charge is -2.10. The highest BCUT2D eigenvalue weighted by Gasteiger charge is 2.07. The summed E-state index contributed by atoms with van der Waals surface area (Å²) in [5.41, 5.74) is 2.30. The van der Waals surface area contributed by atoms with Gasteiger partial charge in [0.25, 0.3) is 0 Å². The van der Waals surface area contributed by atoms with Crippen LogP contribution in [0.3, 0.4) is 0 Å². The quantitative estimate of drug-likeness (QED) is 0.818. The fourth-order valence-corrected chi connectivity index (χ4v) is 1.80. The van der Waals surface area contributed by atoms with Gasteiger partial charge in [0.1, 0.15) is 0 Å². The number of nitrogens with one attached hydrogen (secondary N) is 1. The molecule has 0 bridgehead atoms. The molecule has 1 N–H and O–H groups in total. The number of benzene rings is 1. The lowest BCUT2D eigenvalue weighted by Crippen LogP contribution is -2.20. The van der Waals surface area contributed by atoms with Crippen molar-refractivity contribution in [3.63, 3.8) is 0 Å². The highest BCUT2D eigenvalue weighted by molar-refractivity contribution is 6.20. The maximum atomic E-state index is 11.0. The highest BCUT2D eigenvalue weighted by atomic mass is 35.5. The van der Waals surface area contributed by atoms with Gasteiger partial charge in [-0.05, 0) is 18.1 Å². The Hall–Kier alpha value is -1.48. The molecule has 0 saturated heterocycles. The second-order valence-electron chi connectivity index (χ2n) is 3.71. The molecule has 2 rings (SSSR count). The maximum absolute atomic E-state index is 11.0. The molecule has 0 spiro atoms. The van der Waals surface area contributed by atoms with Gasteiger partial charge in [-0.1, -0.05) is 18.2 Å². The molecular weight excluding hydrogens is 224 g/mol. The lowest BCUT2D eigenvalue weighted by molar-refractivity contribution is -0.124. The van der Waals surface area contributed by atoms with E-state index in [-0.39, 0.29) is 5.91 Å². The Morgan fingerprint density at radius 2 is 2.19 bits per heavy atom. The van der Waals surface area contributed by atoms with Crippen LogP contribution in [0.25, 0.3) is 10.9 Å². The molecule has 2 aromatic rings.